The molecule has 0 aliphatic heterocycles. The molecule has 2 rings (SSSR count). The third-order valence-corrected chi connectivity index (χ3v) is 3.36. The molecule has 106 valence electrons. The Morgan fingerprint density at radius 3 is 2.45 bits per heavy atom. The highest BCUT2D eigenvalue weighted by atomic mass is 79.9. The highest BCUT2D eigenvalue weighted by Crippen LogP contribution is 2.32. The number of hydrogen-bond donors (Lipinski definition) is 1. The molecule has 0 heterocycles. The van der Waals surface area contributed by atoms with E-state index in [0.717, 1.165) is 15.6 Å². The van der Waals surface area contributed by atoms with Crippen molar-refractivity contribution in [3.63, 3.8) is 0 Å². The maximum atomic E-state index is 9.40. The van der Waals surface area contributed by atoms with Gasteiger partial charge in [-0.05, 0) is 30.7 Å². The number of halogens is 1. The van der Waals surface area contributed by atoms with Crippen LogP contribution in [0, 0.1) is 0 Å². The van der Waals surface area contributed by atoms with Crippen LogP contribution in [-0.4, -0.2) is 11.7 Å². The summed E-state index contributed by atoms with van der Waals surface area (Å²) < 4.78 is 12.4. The molecule has 1 N–H and O–H groups in total. The van der Waals surface area contributed by atoms with Crippen molar-refractivity contribution in [2.45, 2.75) is 20.1 Å². The molecular weight excluding hydrogens is 320 g/mol. The van der Waals surface area contributed by atoms with E-state index in [1.807, 2.05) is 49.4 Å². The van der Waals surface area contributed by atoms with Crippen LogP contribution < -0.4 is 9.47 Å². The Kier molecular flexibility index (Phi) is 5.44. The summed E-state index contributed by atoms with van der Waals surface area (Å²) in [4.78, 5) is 0. The molecule has 20 heavy (non-hydrogen) atoms. The first-order chi connectivity index (χ1) is 9.74. The summed E-state index contributed by atoms with van der Waals surface area (Å²) in [6.45, 7) is 2.84. The van der Waals surface area contributed by atoms with Gasteiger partial charge in [-0.15, -0.1) is 0 Å². The summed E-state index contributed by atoms with van der Waals surface area (Å²) in [7, 11) is 0. The van der Waals surface area contributed by atoms with Crippen molar-refractivity contribution in [3.8, 4) is 11.5 Å². The predicted molar refractivity (Wildman–Crippen MR) is 82.0 cm³/mol. The number of benzene rings is 2. The molecule has 0 aliphatic carbocycles. The fourth-order valence-electron chi connectivity index (χ4n) is 1.85. The molecule has 0 aromatic heterocycles. The lowest BCUT2D eigenvalue weighted by Gasteiger charge is -2.15. The van der Waals surface area contributed by atoms with Crippen molar-refractivity contribution in [2.24, 2.45) is 0 Å². The van der Waals surface area contributed by atoms with E-state index in [9.17, 15) is 5.11 Å². The molecule has 0 spiro atoms. The molecule has 2 aromatic rings. The zero-order valence-electron chi connectivity index (χ0n) is 11.3. The van der Waals surface area contributed by atoms with Crippen molar-refractivity contribution < 1.29 is 14.6 Å². The lowest BCUT2D eigenvalue weighted by Crippen LogP contribution is -2.02. The van der Waals surface area contributed by atoms with Gasteiger partial charge in [0, 0.05) is 10.0 Å². The Morgan fingerprint density at radius 1 is 1.05 bits per heavy atom. The van der Waals surface area contributed by atoms with Crippen molar-refractivity contribution in [1.29, 1.82) is 0 Å². The molecule has 0 atom stereocenters. The summed E-state index contributed by atoms with van der Waals surface area (Å²) in [5.41, 5.74) is 1.79. The van der Waals surface area contributed by atoms with E-state index in [1.54, 1.807) is 0 Å². The molecule has 3 nitrogen and oxygen atoms in total. The maximum Gasteiger partial charge on any atom is 0.167 e. The van der Waals surface area contributed by atoms with Gasteiger partial charge in [0.15, 0.2) is 11.5 Å². The zero-order valence-corrected chi connectivity index (χ0v) is 12.9. The maximum absolute atomic E-state index is 9.40. The van der Waals surface area contributed by atoms with Crippen molar-refractivity contribution in [3.05, 3.63) is 58.1 Å². The van der Waals surface area contributed by atoms with Crippen LogP contribution in [0.15, 0.2) is 46.9 Å². The molecule has 0 radical (unpaired) electrons. The topological polar surface area (TPSA) is 38.7 Å². The lowest BCUT2D eigenvalue weighted by atomic mass is 10.2. The minimum absolute atomic E-state index is 0.0728. The molecule has 0 saturated heterocycles. The largest absolute Gasteiger partial charge is 0.490 e. The molecule has 4 heteroatoms. The van der Waals surface area contributed by atoms with Gasteiger partial charge >= 0.3 is 0 Å². The van der Waals surface area contributed by atoms with E-state index in [0.29, 0.717) is 24.7 Å². The molecule has 0 fully saturated rings. The highest BCUT2D eigenvalue weighted by Gasteiger charge is 2.10. The first kappa shape index (κ1) is 14.9. The fourth-order valence-corrected chi connectivity index (χ4v) is 2.12. The van der Waals surface area contributed by atoms with E-state index < -0.39 is 0 Å². The Labute approximate surface area is 127 Å². The van der Waals surface area contributed by atoms with Crippen molar-refractivity contribution in [1.82, 2.24) is 0 Å². The fraction of sp³-hybridized carbons (Fsp3) is 0.250. The van der Waals surface area contributed by atoms with Gasteiger partial charge < -0.3 is 14.6 Å². The van der Waals surface area contributed by atoms with Gasteiger partial charge in [0.25, 0.3) is 0 Å². The monoisotopic (exact) mass is 336 g/mol. The minimum Gasteiger partial charge on any atom is -0.490 e. The summed E-state index contributed by atoms with van der Waals surface area (Å²) in [5, 5.41) is 9.40. The smallest absolute Gasteiger partial charge is 0.167 e. The van der Waals surface area contributed by atoms with E-state index in [2.05, 4.69) is 15.9 Å². The zero-order chi connectivity index (χ0) is 14.4. The standard InChI is InChI=1S/C16H17BrO3/c1-2-19-15-5-3-4-13(10-18)16(15)20-11-12-6-8-14(17)9-7-12/h3-9,18H,2,10-11H2,1H3. The van der Waals surface area contributed by atoms with Crippen LogP contribution >= 0.6 is 15.9 Å². The van der Waals surface area contributed by atoms with E-state index >= 15 is 0 Å². The number of ether oxygens (including phenoxy) is 2. The Hall–Kier alpha value is -1.52. The van der Waals surface area contributed by atoms with E-state index in [-0.39, 0.29) is 6.61 Å². The summed E-state index contributed by atoms with van der Waals surface area (Å²) in [5.74, 6) is 1.27. The van der Waals surface area contributed by atoms with Gasteiger partial charge in [-0.2, -0.15) is 0 Å². The first-order valence-corrected chi connectivity index (χ1v) is 7.26. The van der Waals surface area contributed by atoms with Crippen LogP contribution in [0.5, 0.6) is 11.5 Å². The average Bonchev–Trinajstić information content (AvgIpc) is 2.47. The molecule has 2 aromatic carbocycles. The third-order valence-electron chi connectivity index (χ3n) is 2.83. The summed E-state index contributed by atoms with van der Waals surface area (Å²) >= 11 is 3.40. The first-order valence-electron chi connectivity index (χ1n) is 6.47. The number of aliphatic hydroxyl groups is 1. The predicted octanol–water partition coefficient (Wildman–Crippen LogP) is 3.92. The molecule has 0 bridgehead atoms. The van der Waals surface area contributed by atoms with E-state index in [1.165, 1.54) is 0 Å². The van der Waals surface area contributed by atoms with Gasteiger partial charge in [0.1, 0.15) is 6.61 Å². The lowest BCUT2D eigenvalue weighted by molar-refractivity contribution is 0.243. The molecule has 0 saturated carbocycles. The molecule has 0 aliphatic rings. The SMILES string of the molecule is CCOc1cccc(CO)c1OCc1ccc(Br)cc1. The Balaban J connectivity index is 2.16. The number of hydrogen-bond acceptors (Lipinski definition) is 3. The third kappa shape index (κ3) is 3.74. The average molecular weight is 337 g/mol. The quantitative estimate of drug-likeness (QED) is 0.868. The van der Waals surface area contributed by atoms with Crippen LogP contribution in [0.25, 0.3) is 0 Å². The van der Waals surface area contributed by atoms with Crippen molar-refractivity contribution in [2.75, 3.05) is 6.61 Å². The summed E-state index contributed by atoms with van der Waals surface area (Å²) in [6, 6.07) is 13.5. The van der Waals surface area contributed by atoms with Gasteiger partial charge in [-0.3, -0.25) is 0 Å². The van der Waals surface area contributed by atoms with Gasteiger partial charge in [0.2, 0.25) is 0 Å². The molecular formula is C16H17BrO3. The second kappa shape index (κ2) is 7.31. The number of rotatable bonds is 6. The number of para-hydroxylation sites is 1. The van der Waals surface area contributed by atoms with Crippen LogP contribution in [0.1, 0.15) is 18.1 Å². The summed E-state index contributed by atoms with van der Waals surface area (Å²) in [6.07, 6.45) is 0. The Morgan fingerprint density at radius 2 is 1.80 bits per heavy atom. The van der Waals surface area contributed by atoms with Gasteiger partial charge in [-0.25, -0.2) is 0 Å². The van der Waals surface area contributed by atoms with E-state index in [4.69, 9.17) is 9.47 Å². The molecule has 0 amide bonds. The van der Waals surface area contributed by atoms with Crippen LogP contribution in [-0.2, 0) is 13.2 Å². The Bertz CT molecular complexity index is 552. The van der Waals surface area contributed by atoms with Crippen LogP contribution in [0.4, 0.5) is 0 Å². The van der Waals surface area contributed by atoms with Crippen LogP contribution in [0.2, 0.25) is 0 Å². The second-order valence-corrected chi connectivity index (χ2v) is 5.17. The molecule has 0 unspecified atom stereocenters. The van der Waals surface area contributed by atoms with Gasteiger partial charge in [-0.1, -0.05) is 40.2 Å². The highest BCUT2D eigenvalue weighted by molar-refractivity contribution is 9.10. The normalized spacial score (nSPS) is 10.3. The van der Waals surface area contributed by atoms with Crippen molar-refractivity contribution >= 4 is 15.9 Å². The van der Waals surface area contributed by atoms with Crippen LogP contribution in [0.3, 0.4) is 0 Å². The number of aliphatic hydroxyl groups excluding tert-OH is 1. The minimum atomic E-state index is -0.0728. The van der Waals surface area contributed by atoms with Gasteiger partial charge in [0.05, 0.1) is 13.2 Å². The second-order valence-electron chi connectivity index (χ2n) is 4.25.